The van der Waals surface area contributed by atoms with Crippen LogP contribution in [0.5, 0.6) is 0 Å². The number of nitrogens with two attached hydrogens (primary N) is 4. The predicted molar refractivity (Wildman–Crippen MR) is 111 cm³/mol. The van der Waals surface area contributed by atoms with Crippen LogP contribution in [0.15, 0.2) is 4.99 Å². The summed E-state index contributed by atoms with van der Waals surface area (Å²) in [6.45, 7) is 0.594. The van der Waals surface area contributed by atoms with E-state index in [0.717, 1.165) is 4.90 Å². The molecule has 1 aliphatic heterocycles. The summed E-state index contributed by atoms with van der Waals surface area (Å²) in [5.41, 5.74) is 21.8. The zero-order chi connectivity index (χ0) is 23.6. The molecule has 1 fully saturated rings. The van der Waals surface area contributed by atoms with Crippen LogP contribution in [0.2, 0.25) is 0 Å². The van der Waals surface area contributed by atoms with Crippen molar-refractivity contribution in [3.05, 3.63) is 10.1 Å². The second-order valence-electron chi connectivity index (χ2n) is 7.30. The molecule has 0 radical (unpaired) electrons. The fourth-order valence-corrected chi connectivity index (χ4v) is 3.47. The number of hydrogen-bond acceptors (Lipinski definition) is 8. The second kappa shape index (κ2) is 12.6. The molecule has 31 heavy (non-hydrogen) atoms. The first-order valence-electron chi connectivity index (χ1n) is 10.1. The van der Waals surface area contributed by atoms with Crippen LogP contribution in [0, 0.1) is 10.1 Å². The highest BCUT2D eigenvalue weighted by Crippen LogP contribution is 2.22. The number of hydrogen-bond donors (Lipinski definition) is 5. The fourth-order valence-electron chi connectivity index (χ4n) is 3.47. The van der Waals surface area contributed by atoms with Crippen LogP contribution in [-0.4, -0.2) is 81.6 Å². The third-order valence-electron chi connectivity index (χ3n) is 5.02. The van der Waals surface area contributed by atoms with Crippen molar-refractivity contribution in [2.24, 2.45) is 27.9 Å². The van der Waals surface area contributed by atoms with Gasteiger partial charge in [-0.1, -0.05) is 6.42 Å². The minimum absolute atomic E-state index is 0.0801. The van der Waals surface area contributed by atoms with E-state index in [0.29, 0.717) is 25.8 Å². The number of carboxylic acid groups (broad SMARTS) is 1. The number of nitrogens with zero attached hydrogens (tertiary/aromatic N) is 4. The van der Waals surface area contributed by atoms with Gasteiger partial charge in [-0.2, -0.15) is 0 Å². The highest BCUT2D eigenvalue weighted by Gasteiger charge is 2.45. The Balaban J connectivity index is 3.13. The van der Waals surface area contributed by atoms with Gasteiger partial charge in [-0.25, -0.2) is 14.9 Å². The maximum absolute atomic E-state index is 13.1. The number of carboxylic acids is 1. The molecule has 0 unspecified atom stereocenters. The van der Waals surface area contributed by atoms with E-state index < -0.39 is 40.9 Å². The molecular weight excluding hydrogens is 412 g/mol. The Morgan fingerprint density at radius 3 is 2.45 bits per heavy atom. The van der Waals surface area contributed by atoms with E-state index >= 15 is 0 Å². The SMILES string of the molecule is NCCCC[C@H](N)C(=O)N([C@@H](CCCN=C(N)N)C(=O)N1CCC[C@H]1C(=O)O)[N+](=O)[O-]. The Hall–Kier alpha value is -3.00. The average molecular weight is 444 g/mol. The van der Waals surface area contributed by atoms with Crippen LogP contribution in [-0.2, 0) is 14.4 Å². The lowest BCUT2D eigenvalue weighted by molar-refractivity contribution is -0.640. The highest BCUT2D eigenvalue weighted by atomic mass is 16.7. The molecule has 0 aliphatic carbocycles. The van der Waals surface area contributed by atoms with Gasteiger partial charge in [0.2, 0.25) is 0 Å². The first kappa shape index (κ1) is 26.0. The average Bonchev–Trinajstić information content (AvgIpc) is 3.19. The molecule has 176 valence electrons. The molecule has 3 atom stereocenters. The molecule has 14 nitrogen and oxygen atoms in total. The van der Waals surface area contributed by atoms with Gasteiger partial charge in [-0.05, 0) is 50.1 Å². The molecule has 0 spiro atoms. The summed E-state index contributed by atoms with van der Waals surface area (Å²) in [5.74, 6) is -3.22. The molecule has 1 saturated heterocycles. The number of aliphatic imine (C=N–C) groups is 1. The molecule has 1 heterocycles. The van der Waals surface area contributed by atoms with Gasteiger partial charge in [0, 0.05) is 13.1 Å². The second-order valence-corrected chi connectivity index (χ2v) is 7.30. The van der Waals surface area contributed by atoms with Crippen LogP contribution in [0.3, 0.4) is 0 Å². The van der Waals surface area contributed by atoms with E-state index in [-0.39, 0.29) is 49.7 Å². The van der Waals surface area contributed by atoms with Crippen molar-refractivity contribution in [1.82, 2.24) is 9.91 Å². The first-order chi connectivity index (χ1) is 14.6. The van der Waals surface area contributed by atoms with Crippen molar-refractivity contribution in [2.45, 2.75) is 63.1 Å². The zero-order valence-corrected chi connectivity index (χ0v) is 17.4. The molecule has 1 rings (SSSR count). The first-order valence-corrected chi connectivity index (χ1v) is 10.1. The van der Waals surface area contributed by atoms with Crippen LogP contribution < -0.4 is 22.9 Å². The number of rotatable bonds is 13. The number of nitro groups is 1. The number of carbonyl (C=O) groups excluding carboxylic acids is 2. The molecule has 9 N–H and O–H groups in total. The molecule has 0 saturated carbocycles. The lowest BCUT2D eigenvalue weighted by Crippen LogP contribution is -2.58. The third-order valence-corrected chi connectivity index (χ3v) is 5.02. The number of hydrazine groups is 1. The Bertz CT molecular complexity index is 684. The molecular formula is C17H32N8O6. The molecule has 0 aromatic carbocycles. The summed E-state index contributed by atoms with van der Waals surface area (Å²) >= 11 is 0. The van der Waals surface area contributed by atoms with Crippen molar-refractivity contribution in [3.63, 3.8) is 0 Å². The zero-order valence-electron chi connectivity index (χ0n) is 17.4. The Morgan fingerprint density at radius 1 is 1.23 bits per heavy atom. The number of likely N-dealkylation sites (tertiary alicyclic amines) is 1. The lowest BCUT2D eigenvalue weighted by Gasteiger charge is -2.29. The predicted octanol–water partition coefficient (Wildman–Crippen LogP) is -2.04. The molecule has 1 aliphatic rings. The maximum atomic E-state index is 13.1. The summed E-state index contributed by atoms with van der Waals surface area (Å²) in [6.07, 6.45) is 1.93. The van der Waals surface area contributed by atoms with Gasteiger partial charge < -0.3 is 32.9 Å². The molecule has 2 amide bonds. The fraction of sp³-hybridized carbons (Fsp3) is 0.765. The largest absolute Gasteiger partial charge is 0.480 e. The van der Waals surface area contributed by atoms with Crippen molar-refractivity contribution in [2.75, 3.05) is 19.6 Å². The van der Waals surface area contributed by atoms with Gasteiger partial charge >= 0.3 is 11.9 Å². The summed E-state index contributed by atoms with van der Waals surface area (Å²) in [5, 5.41) is 20.4. The highest BCUT2D eigenvalue weighted by molar-refractivity contribution is 5.91. The Morgan fingerprint density at radius 2 is 1.90 bits per heavy atom. The molecule has 0 aromatic heterocycles. The minimum Gasteiger partial charge on any atom is -0.480 e. The van der Waals surface area contributed by atoms with Crippen LogP contribution in [0.1, 0.15) is 44.9 Å². The van der Waals surface area contributed by atoms with Crippen molar-refractivity contribution in [3.8, 4) is 0 Å². The van der Waals surface area contributed by atoms with E-state index in [1.807, 2.05) is 0 Å². The summed E-state index contributed by atoms with van der Waals surface area (Å²) < 4.78 is 0. The van der Waals surface area contributed by atoms with Gasteiger partial charge in [0.1, 0.15) is 6.04 Å². The van der Waals surface area contributed by atoms with Gasteiger partial charge in [-0.3, -0.25) is 14.6 Å². The van der Waals surface area contributed by atoms with Crippen LogP contribution in [0.25, 0.3) is 0 Å². The van der Waals surface area contributed by atoms with Crippen molar-refractivity contribution >= 4 is 23.7 Å². The third kappa shape index (κ3) is 7.64. The maximum Gasteiger partial charge on any atom is 0.326 e. The number of carbonyl (C=O) groups is 3. The van der Waals surface area contributed by atoms with Crippen molar-refractivity contribution < 1.29 is 24.5 Å². The van der Waals surface area contributed by atoms with E-state index in [2.05, 4.69) is 4.99 Å². The van der Waals surface area contributed by atoms with E-state index in [1.165, 1.54) is 0 Å². The van der Waals surface area contributed by atoms with Gasteiger partial charge in [0.25, 0.3) is 5.91 Å². The Labute approximate surface area is 179 Å². The topological polar surface area (TPSA) is 237 Å². The number of guanidine groups is 1. The van der Waals surface area contributed by atoms with E-state index in [1.54, 1.807) is 0 Å². The van der Waals surface area contributed by atoms with E-state index in [4.69, 9.17) is 22.9 Å². The van der Waals surface area contributed by atoms with Gasteiger partial charge in [-0.15, -0.1) is 0 Å². The molecule has 0 bridgehead atoms. The standard InChI is InChI=1S/C17H32N8O6/c18-8-2-1-5-11(19)14(26)24(25(30)31)12(6-3-9-22-17(20)21)15(27)23-10-4-7-13(23)16(28)29/h11-13H,1-10,18-19H2,(H,28,29)(H4,20,21,22)/t11-,12-,13-/m0/s1. The van der Waals surface area contributed by atoms with E-state index in [9.17, 15) is 29.6 Å². The monoisotopic (exact) mass is 444 g/mol. The molecule has 14 heteroatoms. The number of amides is 2. The lowest BCUT2D eigenvalue weighted by atomic mass is 10.1. The summed E-state index contributed by atoms with van der Waals surface area (Å²) in [7, 11) is 0. The van der Waals surface area contributed by atoms with Crippen LogP contribution >= 0.6 is 0 Å². The minimum atomic E-state index is -1.53. The summed E-state index contributed by atoms with van der Waals surface area (Å²) in [4.78, 5) is 54.0. The van der Waals surface area contributed by atoms with Crippen molar-refractivity contribution in [1.29, 1.82) is 0 Å². The number of unbranched alkanes of at least 4 members (excludes halogenated alkanes) is 1. The summed E-state index contributed by atoms with van der Waals surface area (Å²) in [6, 6.07) is -3.83. The smallest absolute Gasteiger partial charge is 0.326 e. The van der Waals surface area contributed by atoms with Gasteiger partial charge in [0.05, 0.1) is 6.04 Å². The Kier molecular flexibility index (Phi) is 10.6. The normalized spacial score (nSPS) is 17.6. The van der Waals surface area contributed by atoms with Crippen LogP contribution in [0.4, 0.5) is 0 Å². The quantitative estimate of drug-likeness (QED) is 0.0685. The number of aliphatic carboxylic acids is 1. The molecule has 0 aromatic rings. The van der Waals surface area contributed by atoms with Gasteiger partial charge in [0.15, 0.2) is 17.0 Å².